The molecular weight excluding hydrogens is 449 g/mol. The van der Waals surface area contributed by atoms with Crippen LogP contribution >= 0.6 is 0 Å². The Balaban J connectivity index is 1.58. The van der Waals surface area contributed by atoms with Gasteiger partial charge in [0.15, 0.2) is 0 Å². The second-order valence-corrected chi connectivity index (χ2v) is 9.94. The third kappa shape index (κ3) is 5.34. The molecule has 190 valence electrons. The molecule has 1 saturated heterocycles. The van der Waals surface area contributed by atoms with Gasteiger partial charge in [-0.25, -0.2) is 4.39 Å². The lowest BCUT2D eigenvalue weighted by atomic mass is 9.83. The highest BCUT2D eigenvalue weighted by Crippen LogP contribution is 2.31. The number of nitrogens with zero attached hydrogens (tertiary/aromatic N) is 2. The van der Waals surface area contributed by atoms with Crippen molar-refractivity contribution < 1.29 is 18.8 Å². The third-order valence-corrected chi connectivity index (χ3v) is 7.69. The van der Waals surface area contributed by atoms with Crippen LogP contribution in [0.3, 0.4) is 0 Å². The number of carbonyl (C=O) groups is 3. The summed E-state index contributed by atoms with van der Waals surface area (Å²) in [7, 11) is 1.73. The number of likely N-dealkylation sites (N-methyl/N-ethyl adjacent to an activating group) is 1. The van der Waals surface area contributed by atoms with Crippen LogP contribution in [0.25, 0.3) is 10.9 Å². The maximum atomic E-state index is 13.9. The van der Waals surface area contributed by atoms with E-state index in [9.17, 15) is 18.8 Å². The normalized spacial score (nSPS) is 20.7. The van der Waals surface area contributed by atoms with E-state index >= 15 is 0 Å². The Kier molecular flexibility index (Phi) is 7.74. The Labute approximate surface area is 205 Å². The number of nitrogens with two attached hydrogens (primary N) is 1. The summed E-state index contributed by atoms with van der Waals surface area (Å²) in [5.74, 6) is -1.12. The molecule has 1 aliphatic heterocycles. The van der Waals surface area contributed by atoms with E-state index in [0.29, 0.717) is 24.0 Å². The number of amides is 3. The molecule has 2 fully saturated rings. The van der Waals surface area contributed by atoms with Crippen molar-refractivity contribution in [2.75, 3.05) is 13.6 Å². The van der Waals surface area contributed by atoms with Crippen molar-refractivity contribution in [3.05, 3.63) is 35.8 Å². The topological polar surface area (TPSA) is 109 Å². The molecule has 3 atom stereocenters. The van der Waals surface area contributed by atoms with Crippen LogP contribution in [0.2, 0.25) is 0 Å². The molecule has 0 spiro atoms. The van der Waals surface area contributed by atoms with Crippen LogP contribution in [0, 0.1) is 11.7 Å². The van der Waals surface area contributed by atoms with Gasteiger partial charge >= 0.3 is 0 Å². The number of likely N-dealkylation sites (tertiary alicyclic amines) is 1. The van der Waals surface area contributed by atoms with Gasteiger partial charge in [-0.2, -0.15) is 0 Å². The molecule has 0 unspecified atom stereocenters. The fourth-order valence-electron chi connectivity index (χ4n) is 5.60. The minimum Gasteiger partial charge on any atom is -0.366 e. The summed E-state index contributed by atoms with van der Waals surface area (Å²) in [4.78, 5) is 40.5. The highest BCUT2D eigenvalue weighted by molar-refractivity contribution is 6.06. The fraction of sp³-hybridized carbons (Fsp3) is 0.577. The number of benzene rings is 1. The molecule has 35 heavy (non-hydrogen) atoms. The van der Waals surface area contributed by atoms with Crippen molar-refractivity contribution >= 4 is 28.6 Å². The Hall–Kier alpha value is -2.94. The van der Waals surface area contributed by atoms with E-state index in [1.807, 2.05) is 9.47 Å². The highest BCUT2D eigenvalue weighted by atomic mass is 19.1. The van der Waals surface area contributed by atoms with E-state index < -0.39 is 17.8 Å². The van der Waals surface area contributed by atoms with Gasteiger partial charge in [-0.15, -0.1) is 0 Å². The quantitative estimate of drug-likeness (QED) is 0.534. The van der Waals surface area contributed by atoms with Gasteiger partial charge < -0.3 is 25.8 Å². The van der Waals surface area contributed by atoms with E-state index in [0.717, 1.165) is 44.9 Å². The standard InChI is InChI=1S/C26H36FN5O3/c1-16(29-2)25(34)30-23(17-7-4-3-5-8-17)26(35)32-12-6-9-19(32)14-31-15-21(24(28)33)20-13-18(27)10-11-22(20)31/h10-11,13,15-17,19,23,29H,3-9,12,14H2,1-2H3,(H2,28,33)(H,30,34)/t16-,19-,23-/m0/s1. The zero-order valence-corrected chi connectivity index (χ0v) is 20.6. The first-order chi connectivity index (χ1) is 16.8. The van der Waals surface area contributed by atoms with Crippen molar-refractivity contribution in [3.63, 3.8) is 0 Å². The van der Waals surface area contributed by atoms with Crippen LogP contribution in [0.5, 0.6) is 0 Å². The molecule has 1 saturated carbocycles. The summed E-state index contributed by atoms with van der Waals surface area (Å²) in [6.45, 7) is 2.88. The van der Waals surface area contributed by atoms with Crippen molar-refractivity contribution in [1.82, 2.24) is 20.1 Å². The number of rotatable bonds is 8. The Morgan fingerprint density at radius 1 is 1.14 bits per heavy atom. The van der Waals surface area contributed by atoms with E-state index in [2.05, 4.69) is 10.6 Å². The minimum absolute atomic E-state index is 0.0336. The summed E-state index contributed by atoms with van der Waals surface area (Å²) in [5, 5.41) is 6.48. The average molecular weight is 486 g/mol. The lowest BCUT2D eigenvalue weighted by Gasteiger charge is -2.35. The molecule has 8 nitrogen and oxygen atoms in total. The molecule has 3 amide bonds. The largest absolute Gasteiger partial charge is 0.366 e. The molecular formula is C26H36FN5O3. The lowest BCUT2D eigenvalue weighted by Crippen LogP contribution is -2.56. The van der Waals surface area contributed by atoms with E-state index in [1.165, 1.54) is 12.1 Å². The van der Waals surface area contributed by atoms with Crippen LogP contribution in [0.15, 0.2) is 24.4 Å². The first-order valence-corrected chi connectivity index (χ1v) is 12.7. The molecule has 0 radical (unpaired) electrons. The number of carbonyl (C=O) groups excluding carboxylic acids is 3. The number of fused-ring (bicyclic) bond motifs is 1. The summed E-state index contributed by atoms with van der Waals surface area (Å²) < 4.78 is 15.8. The Bertz CT molecular complexity index is 1090. The van der Waals surface area contributed by atoms with Gasteiger partial charge in [-0.05, 0) is 63.8 Å². The maximum absolute atomic E-state index is 13.9. The summed E-state index contributed by atoms with van der Waals surface area (Å²) in [6.07, 6.45) is 8.49. The van der Waals surface area contributed by atoms with Crippen molar-refractivity contribution in [2.45, 2.75) is 76.5 Å². The fourth-order valence-corrected chi connectivity index (χ4v) is 5.60. The smallest absolute Gasteiger partial charge is 0.250 e. The number of hydrogen-bond acceptors (Lipinski definition) is 4. The summed E-state index contributed by atoms with van der Waals surface area (Å²) in [5.41, 5.74) is 6.52. The van der Waals surface area contributed by atoms with Crippen LogP contribution in [0.4, 0.5) is 4.39 Å². The molecule has 4 rings (SSSR count). The molecule has 2 aromatic rings. The van der Waals surface area contributed by atoms with Crippen molar-refractivity contribution in [2.24, 2.45) is 11.7 Å². The van der Waals surface area contributed by atoms with Crippen LogP contribution in [0.1, 0.15) is 62.2 Å². The Morgan fingerprint density at radius 2 is 1.89 bits per heavy atom. The second-order valence-electron chi connectivity index (χ2n) is 9.94. The predicted molar refractivity (Wildman–Crippen MR) is 132 cm³/mol. The zero-order chi connectivity index (χ0) is 25.1. The van der Waals surface area contributed by atoms with Crippen molar-refractivity contribution in [3.8, 4) is 0 Å². The van der Waals surface area contributed by atoms with Gasteiger partial charge in [-0.3, -0.25) is 14.4 Å². The third-order valence-electron chi connectivity index (χ3n) is 7.69. The lowest BCUT2D eigenvalue weighted by molar-refractivity contribution is -0.139. The summed E-state index contributed by atoms with van der Waals surface area (Å²) >= 11 is 0. The first kappa shape index (κ1) is 25.2. The number of halogens is 1. The SMILES string of the molecule is CN[C@@H](C)C(=O)N[C@H](C(=O)N1CCC[C@H]1Cn1cc(C(N)=O)c2cc(F)ccc21)C1CCCCC1. The molecule has 1 aromatic heterocycles. The maximum Gasteiger partial charge on any atom is 0.250 e. The zero-order valence-electron chi connectivity index (χ0n) is 20.6. The van der Waals surface area contributed by atoms with Crippen LogP contribution in [-0.4, -0.2) is 58.9 Å². The number of aromatic nitrogens is 1. The van der Waals surface area contributed by atoms with Gasteiger partial charge in [0.25, 0.3) is 5.91 Å². The number of hydrogen-bond donors (Lipinski definition) is 3. The molecule has 1 aromatic carbocycles. The molecule has 9 heteroatoms. The van der Waals surface area contributed by atoms with Gasteiger partial charge in [0.1, 0.15) is 11.9 Å². The number of primary amides is 1. The first-order valence-electron chi connectivity index (χ1n) is 12.7. The molecule has 1 aliphatic carbocycles. The van der Waals surface area contributed by atoms with Crippen LogP contribution in [-0.2, 0) is 16.1 Å². The highest BCUT2D eigenvalue weighted by Gasteiger charge is 2.38. The van der Waals surface area contributed by atoms with Gasteiger partial charge in [0, 0.05) is 36.2 Å². The molecule has 2 heterocycles. The summed E-state index contributed by atoms with van der Waals surface area (Å²) in [6, 6.07) is 3.30. The van der Waals surface area contributed by atoms with E-state index in [1.54, 1.807) is 26.2 Å². The average Bonchev–Trinajstić information content (AvgIpc) is 3.46. The van der Waals surface area contributed by atoms with Crippen LogP contribution < -0.4 is 16.4 Å². The van der Waals surface area contributed by atoms with Crippen molar-refractivity contribution in [1.29, 1.82) is 0 Å². The number of nitrogens with one attached hydrogen (secondary N) is 2. The van der Waals surface area contributed by atoms with Gasteiger partial charge in [0.2, 0.25) is 11.8 Å². The monoisotopic (exact) mass is 485 g/mol. The molecule has 4 N–H and O–H groups in total. The van der Waals surface area contributed by atoms with Gasteiger partial charge in [-0.1, -0.05) is 19.3 Å². The van der Waals surface area contributed by atoms with E-state index in [4.69, 9.17) is 5.73 Å². The predicted octanol–water partition coefficient (Wildman–Crippen LogP) is 2.54. The molecule has 0 bridgehead atoms. The van der Waals surface area contributed by atoms with E-state index in [-0.39, 0.29) is 35.4 Å². The Morgan fingerprint density at radius 3 is 2.57 bits per heavy atom. The van der Waals surface area contributed by atoms with Gasteiger partial charge in [0.05, 0.1) is 11.6 Å². The minimum atomic E-state index is -0.613. The molecule has 2 aliphatic rings. The second kappa shape index (κ2) is 10.8.